The van der Waals surface area contributed by atoms with Crippen LogP contribution in [0.5, 0.6) is 0 Å². The zero-order chi connectivity index (χ0) is 13.6. The van der Waals surface area contributed by atoms with Crippen molar-refractivity contribution in [1.29, 1.82) is 0 Å². The summed E-state index contributed by atoms with van der Waals surface area (Å²) in [6.07, 6.45) is -0.430. The fourth-order valence-corrected chi connectivity index (χ4v) is 4.52. The molecule has 0 aliphatic carbocycles. The number of amides is 1. The molecule has 1 aliphatic heterocycles. The third-order valence-corrected chi connectivity index (χ3v) is 7.32. The molecular weight excluding hydrogens is 308 g/mol. The quantitative estimate of drug-likeness (QED) is 0.339. The highest BCUT2D eigenvalue weighted by Crippen LogP contribution is 2.36. The van der Waals surface area contributed by atoms with Crippen LogP contribution < -0.4 is 0 Å². The van der Waals surface area contributed by atoms with E-state index in [0.717, 1.165) is 22.3 Å². The highest BCUT2D eigenvalue weighted by atomic mass is 33.1. The summed E-state index contributed by atoms with van der Waals surface area (Å²) in [4.78, 5) is 16.6. The Balaban J connectivity index is 2.31. The van der Waals surface area contributed by atoms with Crippen LogP contribution in [0.2, 0.25) is 0 Å². The fourth-order valence-electron chi connectivity index (χ4n) is 0.818. The van der Waals surface area contributed by atoms with Gasteiger partial charge in [-0.2, -0.15) is 11.8 Å². The van der Waals surface area contributed by atoms with E-state index in [4.69, 9.17) is 4.84 Å². The second kappa shape index (κ2) is 7.81. The summed E-state index contributed by atoms with van der Waals surface area (Å²) in [5.74, 6) is 3.01. The Hall–Kier alpha value is 0.340. The van der Waals surface area contributed by atoms with Crippen molar-refractivity contribution in [3.05, 3.63) is 0 Å². The normalized spacial score (nSPS) is 18.8. The van der Waals surface area contributed by atoms with E-state index in [1.54, 1.807) is 29.6 Å². The summed E-state index contributed by atoms with van der Waals surface area (Å²) in [5, 5.41) is 4.78. The van der Waals surface area contributed by atoms with Gasteiger partial charge in [0.2, 0.25) is 0 Å². The van der Waals surface area contributed by atoms with Gasteiger partial charge in [-0.15, -0.1) is 11.8 Å². The van der Waals surface area contributed by atoms with Gasteiger partial charge in [-0.3, -0.25) is 4.84 Å². The van der Waals surface area contributed by atoms with Gasteiger partial charge in [0.25, 0.3) is 0 Å². The minimum absolute atomic E-state index is 0.0982. The second-order valence-electron chi connectivity index (χ2n) is 4.51. The van der Waals surface area contributed by atoms with Crippen molar-refractivity contribution >= 4 is 56.4 Å². The van der Waals surface area contributed by atoms with Crippen molar-refractivity contribution in [2.24, 2.45) is 5.16 Å². The minimum atomic E-state index is -0.430. The van der Waals surface area contributed by atoms with Crippen LogP contribution in [0.4, 0.5) is 4.79 Å². The third-order valence-electron chi connectivity index (χ3n) is 1.60. The summed E-state index contributed by atoms with van der Waals surface area (Å²) in [6.45, 7) is 6.29. The molecule has 0 radical (unpaired) electrons. The van der Waals surface area contributed by atoms with Crippen LogP contribution >= 0.6 is 45.3 Å². The van der Waals surface area contributed by atoms with Crippen LogP contribution in [0.1, 0.15) is 20.8 Å². The SMILES string of the molecule is CN(SSC(C)(C)C)C(=O)ON=C1CSCCS1. The molecule has 0 N–H and O–H groups in total. The molecule has 1 fully saturated rings. The Morgan fingerprint density at radius 2 is 2.17 bits per heavy atom. The second-order valence-corrected chi connectivity index (χ2v) is 9.82. The van der Waals surface area contributed by atoms with E-state index in [0.29, 0.717) is 0 Å². The maximum absolute atomic E-state index is 11.6. The number of carbonyl (C=O) groups excluding carboxylic acids is 1. The molecule has 0 atom stereocenters. The van der Waals surface area contributed by atoms with Crippen LogP contribution in [-0.2, 0) is 4.84 Å². The summed E-state index contributed by atoms with van der Waals surface area (Å²) >= 11 is 3.47. The fraction of sp³-hybridized carbons (Fsp3) is 0.800. The Kier molecular flexibility index (Phi) is 7.12. The number of hydrogen-bond donors (Lipinski definition) is 0. The molecule has 0 bridgehead atoms. The molecule has 104 valence electrons. The standard InChI is InChI=1S/C10H18N2O2S4/c1-10(2,3)17-18-12(4)9(13)14-11-8-7-15-5-6-16-8/h5-7H2,1-4H3. The Morgan fingerprint density at radius 3 is 2.72 bits per heavy atom. The molecule has 0 saturated carbocycles. The minimum Gasteiger partial charge on any atom is -0.296 e. The number of thioether (sulfide) groups is 2. The predicted octanol–water partition coefficient (Wildman–Crippen LogP) is 3.94. The number of carbonyl (C=O) groups is 1. The molecule has 8 heteroatoms. The average molecular weight is 327 g/mol. The van der Waals surface area contributed by atoms with Gasteiger partial charge in [0.1, 0.15) is 5.04 Å². The Bertz CT molecular complexity index is 309. The number of oxime groups is 1. The van der Waals surface area contributed by atoms with E-state index in [-0.39, 0.29) is 4.75 Å². The van der Waals surface area contributed by atoms with Crippen molar-refractivity contribution in [2.45, 2.75) is 25.5 Å². The van der Waals surface area contributed by atoms with Gasteiger partial charge < -0.3 is 0 Å². The zero-order valence-corrected chi connectivity index (χ0v) is 14.2. The van der Waals surface area contributed by atoms with Gasteiger partial charge >= 0.3 is 6.09 Å². The molecule has 1 heterocycles. The van der Waals surface area contributed by atoms with Gasteiger partial charge in [0.15, 0.2) is 0 Å². The molecule has 1 rings (SSSR count). The number of rotatable bonds is 3. The van der Waals surface area contributed by atoms with Crippen molar-refractivity contribution in [3.8, 4) is 0 Å². The molecule has 1 amide bonds. The third kappa shape index (κ3) is 7.06. The first-order valence-corrected chi connectivity index (χ1v) is 9.71. The lowest BCUT2D eigenvalue weighted by molar-refractivity contribution is 0.137. The first kappa shape index (κ1) is 16.4. The first-order valence-electron chi connectivity index (χ1n) is 5.46. The van der Waals surface area contributed by atoms with Gasteiger partial charge in [0.05, 0.1) is 0 Å². The van der Waals surface area contributed by atoms with Crippen LogP contribution in [0.15, 0.2) is 5.16 Å². The lowest BCUT2D eigenvalue weighted by Crippen LogP contribution is -2.20. The van der Waals surface area contributed by atoms with Crippen LogP contribution in [0, 0.1) is 0 Å². The van der Waals surface area contributed by atoms with Crippen molar-refractivity contribution in [3.63, 3.8) is 0 Å². The van der Waals surface area contributed by atoms with Crippen LogP contribution in [0.25, 0.3) is 0 Å². The van der Waals surface area contributed by atoms with Gasteiger partial charge in [-0.25, -0.2) is 9.10 Å². The molecule has 0 aromatic carbocycles. The molecule has 0 spiro atoms. The smallest absolute Gasteiger partial charge is 0.296 e. The molecule has 1 saturated heterocycles. The molecular formula is C10H18N2O2S4. The predicted molar refractivity (Wildman–Crippen MR) is 86.4 cm³/mol. The summed E-state index contributed by atoms with van der Waals surface area (Å²) in [6, 6.07) is 0. The van der Waals surface area contributed by atoms with E-state index in [2.05, 4.69) is 25.9 Å². The zero-order valence-electron chi connectivity index (χ0n) is 11.0. The highest BCUT2D eigenvalue weighted by Gasteiger charge is 2.18. The van der Waals surface area contributed by atoms with Gasteiger partial charge in [-0.1, -0.05) is 36.7 Å². The average Bonchev–Trinajstić information content (AvgIpc) is 2.33. The van der Waals surface area contributed by atoms with Crippen molar-refractivity contribution in [1.82, 2.24) is 4.31 Å². The highest BCUT2D eigenvalue weighted by molar-refractivity contribution is 8.76. The van der Waals surface area contributed by atoms with Crippen molar-refractivity contribution in [2.75, 3.05) is 24.3 Å². The number of nitrogens with zero attached hydrogens (tertiary/aromatic N) is 2. The Morgan fingerprint density at radius 1 is 1.44 bits per heavy atom. The Labute approximate surface area is 125 Å². The largest absolute Gasteiger partial charge is 0.446 e. The molecule has 4 nitrogen and oxygen atoms in total. The molecule has 18 heavy (non-hydrogen) atoms. The topological polar surface area (TPSA) is 41.9 Å². The van der Waals surface area contributed by atoms with E-state index in [1.807, 2.05) is 11.8 Å². The summed E-state index contributed by atoms with van der Waals surface area (Å²) in [7, 11) is 4.68. The molecule has 1 aliphatic rings. The van der Waals surface area contributed by atoms with Crippen LogP contribution in [0.3, 0.4) is 0 Å². The lowest BCUT2D eigenvalue weighted by atomic mass is 10.3. The summed E-state index contributed by atoms with van der Waals surface area (Å²) in [5.41, 5.74) is 0. The van der Waals surface area contributed by atoms with Gasteiger partial charge in [-0.05, 0) is 0 Å². The van der Waals surface area contributed by atoms with Gasteiger partial charge in [0, 0.05) is 40.0 Å². The lowest BCUT2D eigenvalue weighted by Gasteiger charge is -2.20. The van der Waals surface area contributed by atoms with E-state index >= 15 is 0 Å². The van der Waals surface area contributed by atoms with E-state index in [1.165, 1.54) is 15.3 Å². The maximum Gasteiger partial charge on any atom is 0.446 e. The molecule has 0 aromatic heterocycles. The van der Waals surface area contributed by atoms with E-state index in [9.17, 15) is 4.79 Å². The summed E-state index contributed by atoms with van der Waals surface area (Å²) < 4.78 is 1.56. The van der Waals surface area contributed by atoms with Crippen LogP contribution in [-0.4, -0.2) is 44.5 Å². The maximum atomic E-state index is 11.6. The van der Waals surface area contributed by atoms with E-state index < -0.39 is 6.09 Å². The number of hydrogen-bond acceptors (Lipinski definition) is 7. The first-order chi connectivity index (χ1) is 8.38. The molecule has 0 aromatic rings. The van der Waals surface area contributed by atoms with Crippen molar-refractivity contribution < 1.29 is 9.63 Å². The monoisotopic (exact) mass is 326 g/mol. The molecule has 0 unspecified atom stereocenters.